The molecule has 1 saturated heterocycles. The minimum absolute atomic E-state index is 0.623. The number of hydrogen-bond donors (Lipinski definition) is 0. The molecule has 0 amide bonds. The molecule has 1 aromatic carbocycles. The van der Waals surface area contributed by atoms with Crippen molar-refractivity contribution < 1.29 is 0 Å². The van der Waals surface area contributed by atoms with Gasteiger partial charge in [0.2, 0.25) is 0 Å². The lowest BCUT2D eigenvalue weighted by Crippen LogP contribution is -2.50. The lowest BCUT2D eigenvalue weighted by atomic mass is 10.1. The van der Waals surface area contributed by atoms with E-state index in [0.29, 0.717) is 6.17 Å². The van der Waals surface area contributed by atoms with E-state index in [0.717, 1.165) is 6.54 Å². The molecular formula is C16H22N2. The van der Waals surface area contributed by atoms with E-state index in [-0.39, 0.29) is 0 Å². The zero-order valence-corrected chi connectivity index (χ0v) is 11.0. The van der Waals surface area contributed by atoms with Crippen LogP contribution in [-0.2, 0) is 6.54 Å². The van der Waals surface area contributed by atoms with Gasteiger partial charge in [-0.3, -0.25) is 4.90 Å². The highest BCUT2D eigenvalue weighted by Crippen LogP contribution is 2.24. The van der Waals surface area contributed by atoms with Crippen LogP contribution < -0.4 is 0 Å². The molecule has 96 valence electrons. The number of nitrogens with zero attached hydrogens (tertiary/aromatic N) is 2. The summed E-state index contributed by atoms with van der Waals surface area (Å²) < 4.78 is 0. The molecule has 2 heteroatoms. The summed E-state index contributed by atoms with van der Waals surface area (Å²) in [4.78, 5) is 5.19. The zero-order valence-electron chi connectivity index (χ0n) is 11.0. The van der Waals surface area contributed by atoms with E-state index in [2.05, 4.69) is 52.4 Å². The predicted molar refractivity (Wildman–Crippen MR) is 75.0 cm³/mol. The summed E-state index contributed by atoms with van der Waals surface area (Å²) in [6.07, 6.45) is 10.4. The van der Waals surface area contributed by atoms with Crippen molar-refractivity contribution in [2.75, 3.05) is 13.1 Å². The topological polar surface area (TPSA) is 6.48 Å². The molecule has 2 heterocycles. The van der Waals surface area contributed by atoms with E-state index >= 15 is 0 Å². The highest BCUT2D eigenvalue weighted by molar-refractivity contribution is 5.14. The maximum Gasteiger partial charge on any atom is 0.0817 e. The molecule has 2 aliphatic rings. The first-order valence-corrected chi connectivity index (χ1v) is 7.14. The van der Waals surface area contributed by atoms with Crippen LogP contribution in [0.15, 0.2) is 42.6 Å². The van der Waals surface area contributed by atoms with Crippen molar-refractivity contribution in [2.45, 2.75) is 38.4 Å². The molecule has 2 nitrogen and oxygen atoms in total. The Morgan fingerprint density at radius 2 is 1.94 bits per heavy atom. The van der Waals surface area contributed by atoms with Gasteiger partial charge in [-0.15, -0.1) is 0 Å². The Morgan fingerprint density at radius 3 is 2.83 bits per heavy atom. The van der Waals surface area contributed by atoms with Gasteiger partial charge < -0.3 is 4.90 Å². The summed E-state index contributed by atoms with van der Waals surface area (Å²) in [5.41, 5.74) is 1.44. The van der Waals surface area contributed by atoms with E-state index in [4.69, 9.17) is 0 Å². The Bertz CT molecular complexity index is 399. The van der Waals surface area contributed by atoms with Crippen LogP contribution in [-0.4, -0.2) is 29.1 Å². The van der Waals surface area contributed by atoms with Crippen LogP contribution in [0.5, 0.6) is 0 Å². The van der Waals surface area contributed by atoms with Gasteiger partial charge in [0.05, 0.1) is 6.17 Å². The van der Waals surface area contributed by atoms with Gasteiger partial charge in [-0.2, -0.15) is 0 Å². The van der Waals surface area contributed by atoms with E-state index in [1.165, 1.54) is 44.3 Å². The van der Waals surface area contributed by atoms with Crippen molar-refractivity contribution in [2.24, 2.45) is 0 Å². The molecule has 3 rings (SSSR count). The number of benzene rings is 1. The number of allylic oxidation sites excluding steroid dienone is 1. The first kappa shape index (κ1) is 11.8. The molecule has 0 aliphatic carbocycles. The molecule has 0 aromatic heterocycles. The third-order valence-corrected chi connectivity index (χ3v) is 4.02. The van der Waals surface area contributed by atoms with Gasteiger partial charge in [-0.1, -0.05) is 36.4 Å². The van der Waals surface area contributed by atoms with Crippen molar-refractivity contribution in [1.82, 2.24) is 9.80 Å². The first-order chi connectivity index (χ1) is 8.93. The number of hydrogen-bond acceptors (Lipinski definition) is 2. The molecular weight excluding hydrogens is 220 g/mol. The normalized spacial score (nSPS) is 24.7. The first-order valence-electron chi connectivity index (χ1n) is 7.14. The van der Waals surface area contributed by atoms with Crippen LogP contribution in [0.4, 0.5) is 0 Å². The molecule has 0 radical (unpaired) electrons. The van der Waals surface area contributed by atoms with E-state index in [1.54, 1.807) is 0 Å². The summed E-state index contributed by atoms with van der Waals surface area (Å²) in [7, 11) is 0. The second-order valence-electron chi connectivity index (χ2n) is 5.34. The quantitative estimate of drug-likeness (QED) is 0.785. The molecule has 0 N–H and O–H groups in total. The summed E-state index contributed by atoms with van der Waals surface area (Å²) in [5.74, 6) is 0. The molecule has 0 bridgehead atoms. The number of fused-ring (bicyclic) bond motifs is 1. The van der Waals surface area contributed by atoms with Crippen LogP contribution in [0.25, 0.3) is 0 Å². The van der Waals surface area contributed by atoms with Crippen molar-refractivity contribution >= 4 is 0 Å². The average Bonchev–Trinajstić information content (AvgIpc) is 2.66. The Morgan fingerprint density at radius 1 is 1.06 bits per heavy atom. The largest absolute Gasteiger partial charge is 0.362 e. The lowest BCUT2D eigenvalue weighted by molar-refractivity contribution is 0.0260. The molecule has 2 aliphatic heterocycles. The van der Waals surface area contributed by atoms with Crippen molar-refractivity contribution in [3.63, 3.8) is 0 Å². The van der Waals surface area contributed by atoms with Gasteiger partial charge in [0.25, 0.3) is 0 Å². The summed E-state index contributed by atoms with van der Waals surface area (Å²) >= 11 is 0. The molecule has 1 unspecified atom stereocenters. The number of rotatable bonds is 2. The van der Waals surface area contributed by atoms with Gasteiger partial charge in [-0.05, 0) is 37.4 Å². The van der Waals surface area contributed by atoms with Crippen molar-refractivity contribution in [3.8, 4) is 0 Å². The van der Waals surface area contributed by atoms with Crippen LogP contribution in [0.3, 0.4) is 0 Å². The second-order valence-corrected chi connectivity index (χ2v) is 5.34. The highest BCUT2D eigenvalue weighted by atomic mass is 15.4. The smallest absolute Gasteiger partial charge is 0.0817 e. The van der Waals surface area contributed by atoms with E-state index in [1.807, 2.05) is 0 Å². The zero-order chi connectivity index (χ0) is 12.2. The monoisotopic (exact) mass is 242 g/mol. The van der Waals surface area contributed by atoms with Crippen LogP contribution in [0.2, 0.25) is 0 Å². The highest BCUT2D eigenvalue weighted by Gasteiger charge is 2.27. The van der Waals surface area contributed by atoms with Gasteiger partial charge in [-0.25, -0.2) is 0 Å². The summed E-state index contributed by atoms with van der Waals surface area (Å²) in [5, 5.41) is 0. The van der Waals surface area contributed by atoms with E-state index < -0.39 is 0 Å². The summed E-state index contributed by atoms with van der Waals surface area (Å²) in [6.45, 7) is 3.56. The maximum absolute atomic E-state index is 2.65. The van der Waals surface area contributed by atoms with Crippen molar-refractivity contribution in [3.05, 3.63) is 48.2 Å². The minimum atomic E-state index is 0.623. The molecule has 1 fully saturated rings. The maximum atomic E-state index is 2.65. The third-order valence-electron chi connectivity index (χ3n) is 4.02. The Balaban J connectivity index is 1.72. The Hall–Kier alpha value is -1.28. The van der Waals surface area contributed by atoms with Crippen molar-refractivity contribution in [1.29, 1.82) is 0 Å². The van der Waals surface area contributed by atoms with Crippen LogP contribution in [0.1, 0.15) is 31.2 Å². The molecule has 1 aromatic rings. The van der Waals surface area contributed by atoms with Crippen LogP contribution in [0, 0.1) is 0 Å². The molecule has 0 saturated carbocycles. The van der Waals surface area contributed by atoms with E-state index in [9.17, 15) is 0 Å². The van der Waals surface area contributed by atoms with Gasteiger partial charge in [0, 0.05) is 19.6 Å². The summed E-state index contributed by atoms with van der Waals surface area (Å²) in [6, 6.07) is 10.9. The molecule has 0 spiro atoms. The fourth-order valence-corrected chi connectivity index (χ4v) is 3.12. The van der Waals surface area contributed by atoms with Crippen LogP contribution >= 0.6 is 0 Å². The SMILES string of the molecule is C1=CN2CCCN(Cc3ccccc3)C2CCC1. The predicted octanol–water partition coefficient (Wildman–Crippen LogP) is 3.22. The van der Waals surface area contributed by atoms with Gasteiger partial charge >= 0.3 is 0 Å². The fourth-order valence-electron chi connectivity index (χ4n) is 3.12. The Kier molecular flexibility index (Phi) is 3.65. The Labute approximate surface area is 110 Å². The standard InChI is InChI=1S/C16H22N2/c1-3-8-15(9-4-1)14-18-13-7-12-17-11-6-2-5-10-16(17)18/h1,3-4,6,8-9,11,16H,2,5,7,10,12-14H2. The van der Waals surface area contributed by atoms with Gasteiger partial charge in [0.1, 0.15) is 0 Å². The lowest BCUT2D eigenvalue weighted by Gasteiger charge is -2.43. The third kappa shape index (κ3) is 2.59. The second kappa shape index (κ2) is 5.57. The van der Waals surface area contributed by atoms with Gasteiger partial charge in [0.15, 0.2) is 0 Å². The minimum Gasteiger partial charge on any atom is -0.362 e. The molecule has 1 atom stereocenters. The average molecular weight is 242 g/mol. The fraction of sp³-hybridized carbons (Fsp3) is 0.500. The molecule has 18 heavy (non-hydrogen) atoms.